The maximum atomic E-state index is 12.3. The summed E-state index contributed by atoms with van der Waals surface area (Å²) in [7, 11) is 0. The molecule has 0 aromatic carbocycles. The van der Waals surface area contributed by atoms with Crippen LogP contribution in [0.25, 0.3) is 0 Å². The van der Waals surface area contributed by atoms with Gasteiger partial charge in [0.05, 0.1) is 6.20 Å². The van der Waals surface area contributed by atoms with Gasteiger partial charge in [-0.25, -0.2) is 14.4 Å². The van der Waals surface area contributed by atoms with Crippen LogP contribution in [0.15, 0.2) is 6.20 Å². The van der Waals surface area contributed by atoms with Gasteiger partial charge in [-0.1, -0.05) is 11.6 Å². The minimum atomic E-state index is -0.722. The first-order valence-corrected chi connectivity index (χ1v) is 2.70. The lowest BCUT2D eigenvalue weighted by molar-refractivity contribution is 0.613. The minimum Gasteiger partial charge on any atom is -0.224 e. The van der Waals surface area contributed by atoms with Crippen LogP contribution in [0.5, 0.6) is 0 Å². The second kappa shape index (κ2) is 2.58. The standard InChI is InChI=1S/C5HClFN3/c6-5-3(7)2-9-4(1-8)10-5/h2H. The first-order valence-electron chi connectivity index (χ1n) is 2.32. The molecule has 0 aliphatic heterocycles. The highest BCUT2D eigenvalue weighted by molar-refractivity contribution is 6.29. The Morgan fingerprint density at radius 1 is 1.70 bits per heavy atom. The predicted octanol–water partition coefficient (Wildman–Crippen LogP) is 1.14. The summed E-state index contributed by atoms with van der Waals surface area (Å²) in [6.07, 6.45) is 0.855. The van der Waals surface area contributed by atoms with E-state index in [1.165, 1.54) is 0 Å². The number of hydrogen-bond donors (Lipinski definition) is 0. The fraction of sp³-hybridized carbons (Fsp3) is 0. The van der Waals surface area contributed by atoms with Gasteiger partial charge < -0.3 is 0 Å². The summed E-state index contributed by atoms with van der Waals surface area (Å²) in [5, 5.41) is 7.87. The lowest BCUT2D eigenvalue weighted by atomic mass is 10.6. The summed E-state index contributed by atoms with van der Waals surface area (Å²) in [4.78, 5) is 6.64. The number of nitrogens with zero attached hydrogens (tertiary/aromatic N) is 3. The summed E-state index contributed by atoms with van der Waals surface area (Å²) in [6, 6.07) is 1.62. The lowest BCUT2D eigenvalue weighted by Crippen LogP contribution is -1.90. The molecule has 5 heteroatoms. The zero-order valence-corrected chi connectivity index (χ0v) is 5.43. The molecular weight excluding hydrogens is 157 g/mol. The Balaban J connectivity index is 3.20. The molecule has 0 aliphatic rings. The monoisotopic (exact) mass is 157 g/mol. The Hall–Kier alpha value is -1.21. The number of aromatic nitrogens is 2. The molecule has 0 unspecified atom stereocenters. The van der Waals surface area contributed by atoms with Crippen LogP contribution in [0.1, 0.15) is 5.82 Å². The van der Waals surface area contributed by atoms with Crippen molar-refractivity contribution in [3.63, 3.8) is 0 Å². The van der Waals surface area contributed by atoms with Crippen molar-refractivity contribution in [2.45, 2.75) is 0 Å². The third-order valence-corrected chi connectivity index (χ3v) is 1.07. The van der Waals surface area contributed by atoms with E-state index in [-0.39, 0.29) is 11.0 Å². The normalized spacial score (nSPS) is 8.90. The zero-order valence-electron chi connectivity index (χ0n) is 4.67. The van der Waals surface area contributed by atoms with Crippen molar-refractivity contribution in [2.24, 2.45) is 0 Å². The molecule has 0 atom stereocenters. The van der Waals surface area contributed by atoms with Gasteiger partial charge in [0.15, 0.2) is 11.0 Å². The quantitative estimate of drug-likeness (QED) is 0.531. The van der Waals surface area contributed by atoms with E-state index < -0.39 is 5.82 Å². The maximum Gasteiger partial charge on any atom is 0.233 e. The van der Waals surface area contributed by atoms with Crippen molar-refractivity contribution >= 4 is 11.6 Å². The lowest BCUT2D eigenvalue weighted by Gasteiger charge is -1.89. The van der Waals surface area contributed by atoms with E-state index in [1.807, 2.05) is 0 Å². The van der Waals surface area contributed by atoms with Crippen molar-refractivity contribution in [3.05, 3.63) is 23.0 Å². The Morgan fingerprint density at radius 3 is 2.90 bits per heavy atom. The first-order chi connectivity index (χ1) is 4.74. The average Bonchev–Trinajstić information content (AvgIpc) is 1.95. The van der Waals surface area contributed by atoms with E-state index in [9.17, 15) is 4.39 Å². The molecule has 0 spiro atoms. The van der Waals surface area contributed by atoms with E-state index in [4.69, 9.17) is 16.9 Å². The largest absolute Gasteiger partial charge is 0.233 e. The molecule has 0 N–H and O–H groups in total. The smallest absolute Gasteiger partial charge is 0.224 e. The summed E-state index contributed by atoms with van der Waals surface area (Å²) in [5.74, 6) is -0.855. The molecule has 50 valence electrons. The summed E-state index contributed by atoms with van der Waals surface area (Å²) < 4.78 is 12.3. The van der Waals surface area contributed by atoms with Crippen LogP contribution in [0.4, 0.5) is 4.39 Å². The average molecular weight is 158 g/mol. The van der Waals surface area contributed by atoms with E-state index >= 15 is 0 Å². The molecule has 1 aromatic heterocycles. The number of rotatable bonds is 0. The van der Waals surface area contributed by atoms with E-state index in [0.29, 0.717) is 0 Å². The Kier molecular flexibility index (Phi) is 1.78. The van der Waals surface area contributed by atoms with Crippen molar-refractivity contribution in [3.8, 4) is 6.07 Å². The second-order valence-electron chi connectivity index (χ2n) is 1.44. The van der Waals surface area contributed by atoms with Crippen molar-refractivity contribution in [2.75, 3.05) is 0 Å². The van der Waals surface area contributed by atoms with Crippen LogP contribution < -0.4 is 0 Å². The van der Waals surface area contributed by atoms with E-state index in [0.717, 1.165) is 6.20 Å². The van der Waals surface area contributed by atoms with Gasteiger partial charge >= 0.3 is 0 Å². The van der Waals surface area contributed by atoms with Crippen molar-refractivity contribution < 1.29 is 4.39 Å². The first kappa shape index (κ1) is 6.90. The molecule has 0 aliphatic carbocycles. The van der Waals surface area contributed by atoms with Crippen LogP contribution in [0.2, 0.25) is 5.15 Å². The molecule has 0 amide bonds. The van der Waals surface area contributed by atoms with Gasteiger partial charge in [0, 0.05) is 0 Å². The molecular formula is C5HClFN3. The van der Waals surface area contributed by atoms with Crippen LogP contribution in [0, 0.1) is 17.1 Å². The van der Waals surface area contributed by atoms with Crippen molar-refractivity contribution in [1.29, 1.82) is 5.26 Å². The zero-order chi connectivity index (χ0) is 7.56. The minimum absolute atomic E-state index is 0.133. The molecule has 1 rings (SSSR count). The number of halogens is 2. The van der Waals surface area contributed by atoms with Gasteiger partial charge in [-0.05, 0) is 0 Å². The highest BCUT2D eigenvalue weighted by Gasteiger charge is 2.01. The fourth-order valence-corrected chi connectivity index (χ4v) is 0.529. The Labute approximate surface area is 61.1 Å². The number of nitriles is 1. The van der Waals surface area contributed by atoms with Crippen LogP contribution in [-0.4, -0.2) is 9.97 Å². The highest BCUT2D eigenvalue weighted by atomic mass is 35.5. The maximum absolute atomic E-state index is 12.3. The molecule has 0 fully saturated rings. The van der Waals surface area contributed by atoms with Gasteiger partial charge in [0.2, 0.25) is 5.82 Å². The molecule has 1 heterocycles. The molecule has 3 nitrogen and oxygen atoms in total. The van der Waals surface area contributed by atoms with E-state index in [2.05, 4.69) is 9.97 Å². The molecule has 0 saturated carbocycles. The Bertz CT molecular complexity index is 293. The van der Waals surface area contributed by atoms with Gasteiger partial charge in [-0.3, -0.25) is 0 Å². The summed E-state index contributed by atoms with van der Waals surface area (Å²) >= 11 is 5.22. The SMILES string of the molecule is N#Cc1ncc(F)c(Cl)n1. The topological polar surface area (TPSA) is 49.6 Å². The van der Waals surface area contributed by atoms with E-state index in [1.54, 1.807) is 6.07 Å². The van der Waals surface area contributed by atoms with Crippen LogP contribution >= 0.6 is 11.6 Å². The predicted molar refractivity (Wildman–Crippen MR) is 31.7 cm³/mol. The Morgan fingerprint density at radius 2 is 2.40 bits per heavy atom. The van der Waals surface area contributed by atoms with Gasteiger partial charge in [-0.15, -0.1) is 0 Å². The summed E-state index contributed by atoms with van der Waals surface area (Å²) in [5.41, 5.74) is 0. The highest BCUT2D eigenvalue weighted by Crippen LogP contribution is 2.07. The third-order valence-electron chi connectivity index (χ3n) is 0.801. The summed E-state index contributed by atoms with van der Waals surface area (Å²) in [6.45, 7) is 0. The van der Waals surface area contributed by atoms with Crippen LogP contribution in [0.3, 0.4) is 0 Å². The third kappa shape index (κ3) is 1.20. The van der Waals surface area contributed by atoms with Gasteiger partial charge in [0.1, 0.15) is 6.07 Å². The fourth-order valence-electron chi connectivity index (χ4n) is 0.400. The molecule has 0 saturated heterocycles. The molecule has 1 aromatic rings. The van der Waals surface area contributed by atoms with Crippen LogP contribution in [-0.2, 0) is 0 Å². The number of hydrogen-bond acceptors (Lipinski definition) is 3. The van der Waals surface area contributed by atoms with Gasteiger partial charge in [0.25, 0.3) is 0 Å². The molecule has 0 bridgehead atoms. The van der Waals surface area contributed by atoms with Crippen molar-refractivity contribution in [1.82, 2.24) is 9.97 Å². The molecule has 0 radical (unpaired) electrons. The van der Waals surface area contributed by atoms with Gasteiger partial charge in [-0.2, -0.15) is 5.26 Å². The second-order valence-corrected chi connectivity index (χ2v) is 1.80. The molecule has 10 heavy (non-hydrogen) atoms.